The topological polar surface area (TPSA) is 56.6 Å². The van der Waals surface area contributed by atoms with Gasteiger partial charge in [-0.1, -0.05) is 0 Å². The van der Waals surface area contributed by atoms with E-state index < -0.39 is 17.5 Å². The smallest absolute Gasteiger partial charge is 0.269 e. The number of halogens is 3. The highest BCUT2D eigenvalue weighted by Crippen LogP contribution is 2.18. The van der Waals surface area contributed by atoms with Gasteiger partial charge in [-0.05, 0) is 28.7 Å². The lowest BCUT2D eigenvalue weighted by molar-refractivity contribution is 0.149. The first-order chi connectivity index (χ1) is 6.56. The molecular formula is C8H5F2IN2O. The molecule has 3 nitrogen and oxygen atoms in total. The van der Waals surface area contributed by atoms with Crippen LogP contribution in [-0.4, -0.2) is 4.98 Å². The normalized spacial score (nSPS) is 10.2. The van der Waals surface area contributed by atoms with E-state index in [-0.39, 0.29) is 6.42 Å². The second-order valence-electron chi connectivity index (χ2n) is 2.52. The molecule has 0 bridgehead atoms. The SMILES string of the molecule is N#CCc1[nH]c(=O)c(C(F)F)cc1I. The van der Waals surface area contributed by atoms with Crippen LogP contribution in [0.5, 0.6) is 0 Å². The van der Waals surface area contributed by atoms with E-state index in [1.54, 1.807) is 22.6 Å². The molecule has 0 aromatic carbocycles. The Labute approximate surface area is 91.9 Å². The average Bonchev–Trinajstić information content (AvgIpc) is 2.10. The summed E-state index contributed by atoms with van der Waals surface area (Å²) in [4.78, 5) is 13.3. The van der Waals surface area contributed by atoms with Crippen molar-refractivity contribution in [1.29, 1.82) is 5.26 Å². The van der Waals surface area contributed by atoms with Crippen LogP contribution < -0.4 is 5.56 Å². The number of nitrogens with one attached hydrogen (secondary N) is 1. The number of hydrogen-bond donors (Lipinski definition) is 1. The molecule has 0 unspecified atom stereocenters. The molecule has 1 N–H and O–H groups in total. The molecule has 0 amide bonds. The number of aromatic nitrogens is 1. The lowest BCUT2D eigenvalue weighted by atomic mass is 10.2. The van der Waals surface area contributed by atoms with Gasteiger partial charge in [0.15, 0.2) is 0 Å². The van der Waals surface area contributed by atoms with Crippen LogP contribution in [0.2, 0.25) is 0 Å². The Hall–Kier alpha value is -0.970. The molecule has 74 valence electrons. The second-order valence-corrected chi connectivity index (χ2v) is 3.68. The van der Waals surface area contributed by atoms with E-state index in [9.17, 15) is 13.6 Å². The van der Waals surface area contributed by atoms with Crippen LogP contribution in [0.1, 0.15) is 17.7 Å². The number of H-pyrrole nitrogens is 1. The largest absolute Gasteiger partial charge is 0.324 e. The standard InChI is InChI=1S/C8H5F2IN2O/c9-7(10)4-3-5(11)6(1-2-12)13-8(4)14/h3,7H,1H2,(H,13,14). The molecule has 0 saturated heterocycles. The molecule has 0 atom stereocenters. The van der Waals surface area contributed by atoms with Gasteiger partial charge in [0.1, 0.15) is 0 Å². The Morgan fingerprint density at radius 1 is 1.64 bits per heavy atom. The molecule has 0 spiro atoms. The summed E-state index contributed by atoms with van der Waals surface area (Å²) in [6.07, 6.45) is -2.78. The van der Waals surface area contributed by atoms with E-state index in [2.05, 4.69) is 4.98 Å². The Balaban J connectivity index is 3.26. The summed E-state index contributed by atoms with van der Waals surface area (Å²) >= 11 is 1.80. The fourth-order valence-corrected chi connectivity index (χ4v) is 1.59. The van der Waals surface area contributed by atoms with Gasteiger partial charge in [-0.25, -0.2) is 8.78 Å². The summed E-state index contributed by atoms with van der Waals surface area (Å²) in [7, 11) is 0. The number of aromatic amines is 1. The highest BCUT2D eigenvalue weighted by Gasteiger charge is 2.14. The van der Waals surface area contributed by atoms with E-state index in [0.29, 0.717) is 9.26 Å². The van der Waals surface area contributed by atoms with Crippen molar-refractivity contribution in [2.24, 2.45) is 0 Å². The molecule has 1 heterocycles. The number of alkyl halides is 2. The third-order valence-corrected chi connectivity index (χ3v) is 2.55. The summed E-state index contributed by atoms with van der Waals surface area (Å²) in [6, 6.07) is 2.95. The molecule has 1 aromatic heterocycles. The van der Waals surface area contributed by atoms with Gasteiger partial charge in [0.05, 0.1) is 18.1 Å². The number of pyridine rings is 1. The fraction of sp³-hybridized carbons (Fsp3) is 0.250. The maximum absolute atomic E-state index is 12.2. The molecule has 0 aliphatic rings. The number of nitriles is 1. The Bertz CT molecular complexity index is 436. The monoisotopic (exact) mass is 310 g/mol. The van der Waals surface area contributed by atoms with Crippen LogP contribution in [0.3, 0.4) is 0 Å². The third-order valence-electron chi connectivity index (χ3n) is 1.59. The van der Waals surface area contributed by atoms with Gasteiger partial charge in [0, 0.05) is 9.26 Å². The molecule has 1 aromatic rings. The Morgan fingerprint density at radius 2 is 2.29 bits per heavy atom. The van der Waals surface area contributed by atoms with Crippen molar-refractivity contribution >= 4 is 22.6 Å². The van der Waals surface area contributed by atoms with Crippen molar-refractivity contribution in [3.05, 3.63) is 31.2 Å². The fourth-order valence-electron chi connectivity index (χ4n) is 0.928. The van der Waals surface area contributed by atoms with Gasteiger partial charge in [0.25, 0.3) is 12.0 Å². The first-order valence-electron chi connectivity index (χ1n) is 3.63. The van der Waals surface area contributed by atoms with E-state index in [1.807, 2.05) is 6.07 Å². The lowest BCUT2D eigenvalue weighted by Crippen LogP contribution is -2.16. The highest BCUT2D eigenvalue weighted by molar-refractivity contribution is 14.1. The van der Waals surface area contributed by atoms with Gasteiger partial charge < -0.3 is 4.98 Å². The van der Waals surface area contributed by atoms with Crippen molar-refractivity contribution in [1.82, 2.24) is 4.98 Å². The zero-order valence-electron chi connectivity index (χ0n) is 6.85. The van der Waals surface area contributed by atoms with Crippen LogP contribution in [0.25, 0.3) is 0 Å². The zero-order chi connectivity index (χ0) is 10.7. The quantitative estimate of drug-likeness (QED) is 0.849. The first-order valence-corrected chi connectivity index (χ1v) is 4.71. The van der Waals surface area contributed by atoms with E-state index in [4.69, 9.17) is 5.26 Å². The van der Waals surface area contributed by atoms with Gasteiger partial charge in [0.2, 0.25) is 0 Å². The minimum atomic E-state index is -2.79. The van der Waals surface area contributed by atoms with Crippen molar-refractivity contribution < 1.29 is 8.78 Å². The minimum Gasteiger partial charge on any atom is -0.324 e. The summed E-state index contributed by atoms with van der Waals surface area (Å²) in [6.45, 7) is 0. The van der Waals surface area contributed by atoms with E-state index in [0.717, 1.165) is 6.07 Å². The maximum Gasteiger partial charge on any atom is 0.269 e. The number of hydrogen-bond acceptors (Lipinski definition) is 2. The van der Waals surface area contributed by atoms with Gasteiger partial charge >= 0.3 is 0 Å². The minimum absolute atomic E-state index is 0.0109. The van der Waals surface area contributed by atoms with Crippen LogP contribution in [0, 0.1) is 14.9 Å². The van der Waals surface area contributed by atoms with Crippen LogP contribution >= 0.6 is 22.6 Å². The molecule has 6 heteroatoms. The van der Waals surface area contributed by atoms with E-state index >= 15 is 0 Å². The maximum atomic E-state index is 12.2. The average molecular weight is 310 g/mol. The van der Waals surface area contributed by atoms with Crippen molar-refractivity contribution in [3.8, 4) is 6.07 Å². The van der Waals surface area contributed by atoms with Crippen molar-refractivity contribution in [2.75, 3.05) is 0 Å². The first kappa shape index (κ1) is 11.1. The predicted molar refractivity (Wildman–Crippen MR) is 54.1 cm³/mol. The van der Waals surface area contributed by atoms with Gasteiger partial charge in [-0.3, -0.25) is 4.79 Å². The summed E-state index contributed by atoms with van der Waals surface area (Å²) in [5.41, 5.74) is -1.01. The molecule has 0 radical (unpaired) electrons. The van der Waals surface area contributed by atoms with Gasteiger partial charge in [-0.2, -0.15) is 5.26 Å². The van der Waals surface area contributed by atoms with Crippen LogP contribution in [0.4, 0.5) is 8.78 Å². The summed E-state index contributed by atoms with van der Waals surface area (Å²) in [5, 5.41) is 8.39. The number of nitrogens with zero attached hydrogens (tertiary/aromatic N) is 1. The Kier molecular flexibility index (Phi) is 3.57. The predicted octanol–water partition coefficient (Wildman–Crippen LogP) is 1.98. The molecule has 14 heavy (non-hydrogen) atoms. The lowest BCUT2D eigenvalue weighted by Gasteiger charge is -2.03. The summed E-state index contributed by atoms with van der Waals surface area (Å²) in [5.74, 6) is 0. The highest BCUT2D eigenvalue weighted by atomic mass is 127. The zero-order valence-corrected chi connectivity index (χ0v) is 9.01. The van der Waals surface area contributed by atoms with Gasteiger partial charge in [-0.15, -0.1) is 0 Å². The Morgan fingerprint density at radius 3 is 2.79 bits per heavy atom. The second kappa shape index (κ2) is 4.50. The van der Waals surface area contributed by atoms with E-state index in [1.165, 1.54) is 0 Å². The van der Waals surface area contributed by atoms with Crippen molar-refractivity contribution in [3.63, 3.8) is 0 Å². The molecule has 1 rings (SSSR count). The molecular weight excluding hydrogens is 305 g/mol. The summed E-state index contributed by atoms with van der Waals surface area (Å²) < 4.78 is 24.9. The molecule has 0 saturated carbocycles. The molecule has 0 fully saturated rings. The van der Waals surface area contributed by atoms with Crippen LogP contribution in [-0.2, 0) is 6.42 Å². The van der Waals surface area contributed by atoms with Crippen LogP contribution in [0.15, 0.2) is 10.9 Å². The molecule has 0 aliphatic carbocycles. The third kappa shape index (κ3) is 2.29. The number of rotatable bonds is 2. The molecule has 0 aliphatic heterocycles. The van der Waals surface area contributed by atoms with Crippen molar-refractivity contribution in [2.45, 2.75) is 12.8 Å².